The molecule has 3 unspecified atom stereocenters. The van der Waals surface area contributed by atoms with Crippen LogP contribution in [0.2, 0.25) is 0 Å². The Morgan fingerprint density at radius 1 is 1.45 bits per heavy atom. The summed E-state index contributed by atoms with van der Waals surface area (Å²) in [5.74, 6) is 2.49. The van der Waals surface area contributed by atoms with Gasteiger partial charge in [-0.1, -0.05) is 18.0 Å². The van der Waals surface area contributed by atoms with E-state index in [1.54, 1.807) is 0 Å². The molecule has 2 aliphatic rings. The average molecular weight is 154 g/mol. The molecular weight excluding hydrogens is 140 g/mol. The zero-order valence-electron chi connectivity index (χ0n) is 6.53. The highest BCUT2D eigenvalue weighted by Crippen LogP contribution is 2.52. The second-order valence-electron chi connectivity index (χ2n) is 3.72. The lowest BCUT2D eigenvalue weighted by molar-refractivity contribution is 0.306. The molecule has 0 aromatic rings. The first-order valence-electron chi connectivity index (χ1n) is 4.30. The minimum atomic E-state index is 0.388. The fourth-order valence-corrected chi connectivity index (χ4v) is 2.35. The lowest BCUT2D eigenvalue weighted by atomic mass is 9.88. The van der Waals surface area contributed by atoms with Crippen molar-refractivity contribution in [1.82, 2.24) is 0 Å². The van der Waals surface area contributed by atoms with Crippen LogP contribution in [0.15, 0.2) is 5.16 Å². The van der Waals surface area contributed by atoms with E-state index in [0.29, 0.717) is 11.8 Å². The predicted molar refractivity (Wildman–Crippen MR) is 42.3 cm³/mol. The minimum absolute atomic E-state index is 0.388. The molecule has 0 aromatic carbocycles. The van der Waals surface area contributed by atoms with Crippen molar-refractivity contribution in [2.24, 2.45) is 28.6 Å². The standard InChI is InChI=1S/C8H14N2O/c9-8(10-11)6-3-1-2-5-4-7(5)6/h5-7,11H,1-4H2,(H2,9,10). The van der Waals surface area contributed by atoms with Crippen molar-refractivity contribution in [3.8, 4) is 0 Å². The molecule has 0 spiro atoms. The van der Waals surface area contributed by atoms with Crippen LogP contribution in [0, 0.1) is 17.8 Å². The van der Waals surface area contributed by atoms with Gasteiger partial charge in [-0.05, 0) is 24.7 Å². The molecule has 0 bridgehead atoms. The van der Waals surface area contributed by atoms with Crippen LogP contribution in [0.4, 0.5) is 0 Å². The van der Waals surface area contributed by atoms with Crippen LogP contribution in [0.1, 0.15) is 25.7 Å². The first kappa shape index (κ1) is 6.95. The Bertz CT molecular complexity index is 191. The Hall–Kier alpha value is -0.730. The van der Waals surface area contributed by atoms with Gasteiger partial charge < -0.3 is 10.9 Å². The Morgan fingerprint density at radius 2 is 2.27 bits per heavy atom. The van der Waals surface area contributed by atoms with Crippen LogP contribution >= 0.6 is 0 Å². The molecule has 62 valence electrons. The molecule has 2 saturated carbocycles. The molecule has 11 heavy (non-hydrogen) atoms. The summed E-state index contributed by atoms with van der Waals surface area (Å²) < 4.78 is 0. The SMILES string of the molecule is N/C(=N\O)C1CCCC2CC21. The summed E-state index contributed by atoms with van der Waals surface area (Å²) in [6.45, 7) is 0. The van der Waals surface area contributed by atoms with E-state index in [-0.39, 0.29) is 0 Å². The van der Waals surface area contributed by atoms with Crippen LogP contribution in [0.25, 0.3) is 0 Å². The third kappa shape index (κ3) is 1.08. The summed E-state index contributed by atoms with van der Waals surface area (Å²) in [6, 6.07) is 0. The van der Waals surface area contributed by atoms with Crippen molar-refractivity contribution in [3.63, 3.8) is 0 Å². The number of hydrogen-bond donors (Lipinski definition) is 2. The van der Waals surface area contributed by atoms with Gasteiger partial charge >= 0.3 is 0 Å². The Morgan fingerprint density at radius 3 is 3.00 bits per heavy atom. The van der Waals surface area contributed by atoms with Gasteiger partial charge in [-0.2, -0.15) is 0 Å². The number of nitrogens with zero attached hydrogens (tertiary/aromatic N) is 1. The third-order valence-electron chi connectivity index (χ3n) is 3.08. The number of rotatable bonds is 1. The summed E-state index contributed by atoms with van der Waals surface area (Å²) in [6.07, 6.45) is 5.04. The quantitative estimate of drug-likeness (QED) is 0.258. The largest absolute Gasteiger partial charge is 0.409 e. The summed E-state index contributed by atoms with van der Waals surface area (Å²) in [4.78, 5) is 0. The molecule has 2 rings (SSSR count). The summed E-state index contributed by atoms with van der Waals surface area (Å²) in [7, 11) is 0. The van der Waals surface area contributed by atoms with Gasteiger partial charge in [0.2, 0.25) is 0 Å². The van der Waals surface area contributed by atoms with E-state index < -0.39 is 0 Å². The van der Waals surface area contributed by atoms with Gasteiger partial charge in [-0.15, -0.1) is 0 Å². The van der Waals surface area contributed by atoms with Crippen molar-refractivity contribution in [1.29, 1.82) is 0 Å². The third-order valence-corrected chi connectivity index (χ3v) is 3.08. The number of nitrogens with two attached hydrogens (primary N) is 1. The first-order chi connectivity index (χ1) is 5.33. The fourth-order valence-electron chi connectivity index (χ4n) is 2.35. The highest BCUT2D eigenvalue weighted by molar-refractivity contribution is 5.83. The molecule has 3 atom stereocenters. The smallest absolute Gasteiger partial charge is 0.142 e. The van der Waals surface area contributed by atoms with E-state index in [9.17, 15) is 0 Å². The van der Waals surface area contributed by atoms with Crippen LogP contribution in [0.3, 0.4) is 0 Å². The molecule has 0 aliphatic heterocycles. The van der Waals surface area contributed by atoms with E-state index in [4.69, 9.17) is 10.9 Å². The molecule has 0 heterocycles. The maximum atomic E-state index is 8.49. The average Bonchev–Trinajstić information content (AvgIpc) is 2.80. The number of oxime groups is 1. The molecule has 3 N–H and O–H groups in total. The first-order valence-corrected chi connectivity index (χ1v) is 4.30. The molecule has 3 heteroatoms. The van der Waals surface area contributed by atoms with Crippen molar-refractivity contribution in [2.45, 2.75) is 25.7 Å². The molecular formula is C8H14N2O. The Labute approximate surface area is 66.3 Å². The van der Waals surface area contributed by atoms with Crippen LogP contribution < -0.4 is 5.73 Å². The topological polar surface area (TPSA) is 58.6 Å². The highest BCUT2D eigenvalue weighted by Gasteiger charge is 2.46. The van der Waals surface area contributed by atoms with Gasteiger partial charge in [-0.3, -0.25) is 0 Å². The van der Waals surface area contributed by atoms with Crippen molar-refractivity contribution < 1.29 is 5.21 Å². The second-order valence-corrected chi connectivity index (χ2v) is 3.72. The molecule has 0 saturated heterocycles. The van der Waals surface area contributed by atoms with E-state index in [1.165, 1.54) is 19.3 Å². The van der Waals surface area contributed by atoms with Gasteiger partial charge in [-0.25, -0.2) is 0 Å². The second kappa shape index (κ2) is 2.40. The normalized spacial score (nSPS) is 43.3. The van der Waals surface area contributed by atoms with Crippen molar-refractivity contribution in [2.75, 3.05) is 0 Å². The van der Waals surface area contributed by atoms with Gasteiger partial charge in [0.15, 0.2) is 0 Å². The highest BCUT2D eigenvalue weighted by atomic mass is 16.4. The number of amidine groups is 1. The van der Waals surface area contributed by atoms with Gasteiger partial charge in [0.1, 0.15) is 5.84 Å². The zero-order valence-corrected chi connectivity index (χ0v) is 6.53. The molecule has 2 fully saturated rings. The van der Waals surface area contributed by atoms with E-state index >= 15 is 0 Å². The summed E-state index contributed by atoms with van der Waals surface area (Å²) in [5, 5.41) is 11.6. The van der Waals surface area contributed by atoms with Crippen LogP contribution in [-0.2, 0) is 0 Å². The Balaban J connectivity index is 2.03. The number of hydrogen-bond acceptors (Lipinski definition) is 2. The van der Waals surface area contributed by atoms with E-state index in [0.717, 1.165) is 18.3 Å². The van der Waals surface area contributed by atoms with Crippen LogP contribution in [0.5, 0.6) is 0 Å². The maximum absolute atomic E-state index is 8.49. The predicted octanol–water partition coefficient (Wildman–Crippen LogP) is 1.17. The lowest BCUT2D eigenvalue weighted by Gasteiger charge is -2.19. The minimum Gasteiger partial charge on any atom is -0.409 e. The molecule has 0 aromatic heterocycles. The van der Waals surface area contributed by atoms with Gasteiger partial charge in [0, 0.05) is 5.92 Å². The molecule has 0 amide bonds. The van der Waals surface area contributed by atoms with Gasteiger partial charge in [0.25, 0.3) is 0 Å². The summed E-state index contributed by atoms with van der Waals surface area (Å²) in [5.41, 5.74) is 5.56. The molecule has 3 nitrogen and oxygen atoms in total. The monoisotopic (exact) mass is 154 g/mol. The van der Waals surface area contributed by atoms with Gasteiger partial charge in [0.05, 0.1) is 0 Å². The van der Waals surface area contributed by atoms with Crippen molar-refractivity contribution >= 4 is 5.84 Å². The maximum Gasteiger partial charge on any atom is 0.142 e. The summed E-state index contributed by atoms with van der Waals surface area (Å²) >= 11 is 0. The van der Waals surface area contributed by atoms with Crippen molar-refractivity contribution in [3.05, 3.63) is 0 Å². The fraction of sp³-hybridized carbons (Fsp3) is 0.875. The molecule has 0 radical (unpaired) electrons. The lowest BCUT2D eigenvalue weighted by Crippen LogP contribution is -2.27. The van der Waals surface area contributed by atoms with Crippen LogP contribution in [-0.4, -0.2) is 11.0 Å². The Kier molecular flexibility index (Phi) is 1.51. The van der Waals surface area contributed by atoms with E-state index in [2.05, 4.69) is 5.16 Å². The molecule has 2 aliphatic carbocycles. The number of fused-ring (bicyclic) bond motifs is 1. The zero-order chi connectivity index (χ0) is 7.84. The van der Waals surface area contributed by atoms with E-state index in [1.807, 2.05) is 0 Å².